The average Bonchev–Trinajstić information content (AvgIpc) is 2.26. The highest BCUT2D eigenvalue weighted by molar-refractivity contribution is 5.77. The smallest absolute Gasteiger partial charge is 0.233 e. The SMILES string of the molecule is CCNC(=O)CNCCC1=CCCCC1. The van der Waals surface area contributed by atoms with Crippen molar-refractivity contribution in [2.75, 3.05) is 19.6 Å². The van der Waals surface area contributed by atoms with Crippen LogP contribution in [0.2, 0.25) is 0 Å². The van der Waals surface area contributed by atoms with Gasteiger partial charge >= 0.3 is 0 Å². The molecule has 15 heavy (non-hydrogen) atoms. The highest BCUT2D eigenvalue weighted by Gasteiger charge is 2.03. The van der Waals surface area contributed by atoms with Crippen molar-refractivity contribution in [2.24, 2.45) is 0 Å². The minimum atomic E-state index is 0.0927. The monoisotopic (exact) mass is 210 g/mol. The summed E-state index contributed by atoms with van der Waals surface area (Å²) in [4.78, 5) is 11.1. The van der Waals surface area contributed by atoms with E-state index in [0.29, 0.717) is 13.1 Å². The molecular formula is C12H22N2O. The molecule has 86 valence electrons. The van der Waals surface area contributed by atoms with E-state index in [1.165, 1.54) is 25.7 Å². The Balaban J connectivity index is 2.01. The molecule has 2 N–H and O–H groups in total. The fourth-order valence-electron chi connectivity index (χ4n) is 1.84. The molecule has 1 rings (SSSR count). The lowest BCUT2D eigenvalue weighted by atomic mass is 9.97. The fourth-order valence-corrected chi connectivity index (χ4v) is 1.84. The van der Waals surface area contributed by atoms with E-state index in [1.807, 2.05) is 6.92 Å². The van der Waals surface area contributed by atoms with Gasteiger partial charge in [0.25, 0.3) is 0 Å². The summed E-state index contributed by atoms with van der Waals surface area (Å²) in [6.45, 7) is 4.01. The first-order valence-electron chi connectivity index (χ1n) is 5.98. The number of likely N-dealkylation sites (N-methyl/N-ethyl adjacent to an activating group) is 1. The van der Waals surface area contributed by atoms with Crippen molar-refractivity contribution in [2.45, 2.75) is 39.0 Å². The number of hydrogen-bond acceptors (Lipinski definition) is 2. The molecule has 1 aliphatic rings. The van der Waals surface area contributed by atoms with Gasteiger partial charge in [-0.15, -0.1) is 0 Å². The van der Waals surface area contributed by atoms with E-state index in [1.54, 1.807) is 5.57 Å². The van der Waals surface area contributed by atoms with Crippen LogP contribution in [0.15, 0.2) is 11.6 Å². The summed E-state index contributed by atoms with van der Waals surface area (Å²) >= 11 is 0. The molecule has 1 aliphatic carbocycles. The second-order valence-electron chi connectivity index (χ2n) is 3.99. The number of carbonyl (C=O) groups is 1. The third-order valence-electron chi connectivity index (χ3n) is 2.67. The second-order valence-corrected chi connectivity index (χ2v) is 3.99. The van der Waals surface area contributed by atoms with E-state index in [0.717, 1.165) is 13.0 Å². The molecule has 0 aromatic carbocycles. The highest BCUT2D eigenvalue weighted by atomic mass is 16.1. The van der Waals surface area contributed by atoms with Gasteiger partial charge in [-0.25, -0.2) is 0 Å². The number of amides is 1. The van der Waals surface area contributed by atoms with Gasteiger partial charge in [-0.05, 0) is 45.6 Å². The molecule has 0 fully saturated rings. The largest absolute Gasteiger partial charge is 0.355 e. The molecule has 0 radical (unpaired) electrons. The topological polar surface area (TPSA) is 41.1 Å². The quantitative estimate of drug-likeness (QED) is 0.516. The number of rotatable bonds is 6. The number of hydrogen-bond donors (Lipinski definition) is 2. The zero-order valence-electron chi connectivity index (χ0n) is 9.64. The molecule has 0 saturated heterocycles. The molecule has 0 bridgehead atoms. The summed E-state index contributed by atoms with van der Waals surface area (Å²) in [7, 11) is 0. The zero-order valence-corrected chi connectivity index (χ0v) is 9.64. The number of carbonyl (C=O) groups excluding carboxylic acids is 1. The summed E-state index contributed by atoms with van der Waals surface area (Å²) in [6.07, 6.45) is 8.63. The lowest BCUT2D eigenvalue weighted by molar-refractivity contribution is -0.120. The van der Waals surface area contributed by atoms with Crippen LogP contribution in [0, 0.1) is 0 Å². The van der Waals surface area contributed by atoms with Gasteiger partial charge in [-0.3, -0.25) is 4.79 Å². The summed E-state index contributed by atoms with van der Waals surface area (Å²) in [5.41, 5.74) is 1.56. The first-order chi connectivity index (χ1) is 7.33. The molecular weight excluding hydrogens is 188 g/mol. The molecule has 0 aromatic rings. The number of nitrogens with one attached hydrogen (secondary N) is 2. The minimum Gasteiger partial charge on any atom is -0.355 e. The van der Waals surface area contributed by atoms with Crippen LogP contribution < -0.4 is 10.6 Å². The van der Waals surface area contributed by atoms with Crippen molar-refractivity contribution >= 4 is 5.91 Å². The maximum absolute atomic E-state index is 11.1. The Morgan fingerprint density at radius 3 is 3.00 bits per heavy atom. The predicted octanol–water partition coefficient (Wildman–Crippen LogP) is 1.60. The van der Waals surface area contributed by atoms with Crippen LogP contribution in [0.3, 0.4) is 0 Å². The van der Waals surface area contributed by atoms with Crippen molar-refractivity contribution in [1.82, 2.24) is 10.6 Å². The van der Waals surface area contributed by atoms with Gasteiger partial charge < -0.3 is 10.6 Å². The van der Waals surface area contributed by atoms with Gasteiger partial charge in [0.1, 0.15) is 0 Å². The van der Waals surface area contributed by atoms with Crippen LogP contribution in [-0.4, -0.2) is 25.5 Å². The average molecular weight is 210 g/mol. The first kappa shape index (κ1) is 12.2. The maximum atomic E-state index is 11.1. The normalized spacial score (nSPS) is 15.9. The Kier molecular flexibility index (Phi) is 6.09. The lowest BCUT2D eigenvalue weighted by Gasteiger charge is -2.12. The summed E-state index contributed by atoms with van der Waals surface area (Å²) in [6, 6.07) is 0. The predicted molar refractivity (Wildman–Crippen MR) is 62.7 cm³/mol. The standard InChI is InChI=1S/C12H22N2O/c1-2-14-12(15)10-13-9-8-11-6-4-3-5-7-11/h6,13H,2-5,7-10H2,1H3,(H,14,15). The highest BCUT2D eigenvalue weighted by Crippen LogP contribution is 2.19. The first-order valence-corrected chi connectivity index (χ1v) is 5.98. The van der Waals surface area contributed by atoms with Gasteiger partial charge in [0, 0.05) is 6.54 Å². The lowest BCUT2D eigenvalue weighted by Crippen LogP contribution is -2.34. The Hall–Kier alpha value is -0.830. The van der Waals surface area contributed by atoms with Gasteiger partial charge in [0.05, 0.1) is 6.54 Å². The van der Waals surface area contributed by atoms with E-state index in [9.17, 15) is 4.79 Å². The van der Waals surface area contributed by atoms with E-state index in [-0.39, 0.29) is 5.91 Å². The Labute approximate surface area is 92.3 Å². The van der Waals surface area contributed by atoms with E-state index >= 15 is 0 Å². The van der Waals surface area contributed by atoms with Crippen LogP contribution in [0.25, 0.3) is 0 Å². The Morgan fingerprint density at radius 2 is 2.33 bits per heavy atom. The molecule has 3 heteroatoms. The Bertz CT molecular complexity index is 224. The fraction of sp³-hybridized carbons (Fsp3) is 0.750. The van der Waals surface area contributed by atoms with Crippen LogP contribution in [-0.2, 0) is 4.79 Å². The molecule has 0 unspecified atom stereocenters. The zero-order chi connectivity index (χ0) is 10.9. The van der Waals surface area contributed by atoms with Crippen molar-refractivity contribution in [1.29, 1.82) is 0 Å². The third kappa shape index (κ3) is 5.57. The molecule has 0 spiro atoms. The van der Waals surface area contributed by atoms with Gasteiger partial charge in [0.15, 0.2) is 0 Å². The molecule has 1 amide bonds. The molecule has 0 saturated carbocycles. The number of allylic oxidation sites excluding steroid dienone is 1. The molecule has 0 aliphatic heterocycles. The second kappa shape index (κ2) is 7.46. The minimum absolute atomic E-state index is 0.0927. The molecule has 0 heterocycles. The van der Waals surface area contributed by atoms with Crippen LogP contribution in [0.4, 0.5) is 0 Å². The van der Waals surface area contributed by atoms with E-state index in [2.05, 4.69) is 16.7 Å². The van der Waals surface area contributed by atoms with Crippen molar-refractivity contribution in [3.8, 4) is 0 Å². The van der Waals surface area contributed by atoms with E-state index in [4.69, 9.17) is 0 Å². The van der Waals surface area contributed by atoms with Crippen molar-refractivity contribution < 1.29 is 4.79 Å². The van der Waals surface area contributed by atoms with Crippen LogP contribution in [0.5, 0.6) is 0 Å². The van der Waals surface area contributed by atoms with Crippen LogP contribution in [0.1, 0.15) is 39.0 Å². The van der Waals surface area contributed by atoms with Gasteiger partial charge in [0.2, 0.25) is 5.91 Å². The van der Waals surface area contributed by atoms with E-state index < -0.39 is 0 Å². The van der Waals surface area contributed by atoms with Gasteiger partial charge in [-0.2, -0.15) is 0 Å². The summed E-state index contributed by atoms with van der Waals surface area (Å²) in [5.74, 6) is 0.0927. The molecule has 3 nitrogen and oxygen atoms in total. The maximum Gasteiger partial charge on any atom is 0.233 e. The summed E-state index contributed by atoms with van der Waals surface area (Å²) in [5, 5.41) is 5.93. The Morgan fingerprint density at radius 1 is 1.47 bits per heavy atom. The molecule has 0 aromatic heterocycles. The third-order valence-corrected chi connectivity index (χ3v) is 2.67. The van der Waals surface area contributed by atoms with Crippen LogP contribution >= 0.6 is 0 Å². The van der Waals surface area contributed by atoms with Crippen molar-refractivity contribution in [3.63, 3.8) is 0 Å². The molecule has 0 atom stereocenters. The summed E-state index contributed by atoms with van der Waals surface area (Å²) < 4.78 is 0. The van der Waals surface area contributed by atoms with Crippen molar-refractivity contribution in [3.05, 3.63) is 11.6 Å². The van der Waals surface area contributed by atoms with Gasteiger partial charge in [-0.1, -0.05) is 11.6 Å².